The predicted molar refractivity (Wildman–Crippen MR) is 64.8 cm³/mol. The molecule has 1 nitrogen and oxygen atoms in total. The zero-order valence-electron chi connectivity index (χ0n) is 11.5. The van der Waals surface area contributed by atoms with E-state index >= 15 is 0 Å². The van der Waals surface area contributed by atoms with Gasteiger partial charge in [0.1, 0.15) is 0 Å². The third-order valence-corrected chi connectivity index (χ3v) is 2.85. The minimum absolute atomic E-state index is 0. The molecule has 0 fully saturated rings. The van der Waals surface area contributed by atoms with E-state index in [4.69, 9.17) is 0 Å². The van der Waals surface area contributed by atoms with E-state index in [9.17, 15) is 0 Å². The largest absolute Gasteiger partial charge is 0.331 e. The van der Waals surface area contributed by atoms with Gasteiger partial charge in [-0.05, 0) is 33.3 Å². The van der Waals surface area contributed by atoms with E-state index in [2.05, 4.69) is 65.3 Å². The van der Waals surface area contributed by atoms with Crippen LogP contribution in [-0.2, 0) is 26.5 Å². The van der Waals surface area contributed by atoms with Crippen LogP contribution in [0.25, 0.3) is 0 Å². The molecule has 16 heavy (non-hydrogen) atoms. The maximum absolute atomic E-state index is 2.31. The number of aryl methyl sites for hydroxylation is 1. The molecule has 1 aromatic rings. The van der Waals surface area contributed by atoms with Crippen LogP contribution in [0.2, 0.25) is 0 Å². The molecule has 0 radical (unpaired) electrons. The van der Waals surface area contributed by atoms with E-state index in [0.717, 1.165) is 0 Å². The van der Waals surface area contributed by atoms with E-state index in [1.54, 1.807) is 0 Å². The summed E-state index contributed by atoms with van der Waals surface area (Å²) in [6.07, 6.45) is 2.18. The smallest absolute Gasteiger partial charge is 0.0906 e. The molecule has 0 aliphatic rings. The van der Waals surface area contributed by atoms with Gasteiger partial charge in [-0.1, -0.05) is 32.4 Å². The minimum atomic E-state index is 0. The molecular weight excluding hydrogens is 366 g/mol. The molecule has 1 heterocycles. The molecule has 0 aliphatic heterocycles. The van der Waals surface area contributed by atoms with Crippen molar-refractivity contribution in [3.8, 4) is 0 Å². The van der Waals surface area contributed by atoms with Crippen molar-refractivity contribution in [1.82, 2.24) is 0 Å². The maximum atomic E-state index is 2.31. The Balaban J connectivity index is 0.00000225. The van der Waals surface area contributed by atoms with E-state index in [1.807, 2.05) is 0 Å². The Morgan fingerprint density at radius 1 is 1.12 bits per heavy atom. The molecule has 90 valence electrons. The Labute approximate surface area is 115 Å². The Kier molecular flexibility index (Phi) is 5.26. The van der Waals surface area contributed by atoms with Gasteiger partial charge in [0.25, 0.3) is 0 Å². The average molecular weight is 389 g/mol. The number of rotatable bonds is 1. The first-order valence-electron chi connectivity index (χ1n) is 5.58. The maximum Gasteiger partial charge on any atom is 0.0906 e. The number of hydrogen-bond acceptors (Lipinski definition) is 0. The minimum Gasteiger partial charge on any atom is -0.331 e. The normalized spacial score (nSPS) is 10.9. The van der Waals surface area contributed by atoms with Crippen molar-refractivity contribution in [2.24, 2.45) is 0 Å². The van der Waals surface area contributed by atoms with E-state index in [-0.39, 0.29) is 26.5 Å². The van der Waals surface area contributed by atoms with Crippen LogP contribution >= 0.6 is 0 Å². The van der Waals surface area contributed by atoms with Gasteiger partial charge in [-0.15, -0.1) is 0 Å². The molecule has 0 saturated heterocycles. The first kappa shape index (κ1) is 15.7. The molecule has 1 aromatic heterocycles. The summed E-state index contributed by atoms with van der Waals surface area (Å²) < 4.78 is 2.31. The summed E-state index contributed by atoms with van der Waals surface area (Å²) in [5.41, 5.74) is 4.39. The third kappa shape index (κ3) is 3.10. The first-order chi connectivity index (χ1) is 6.75. The van der Waals surface area contributed by atoms with E-state index in [0.29, 0.717) is 0 Å². The van der Waals surface area contributed by atoms with Crippen molar-refractivity contribution in [2.45, 2.75) is 53.9 Å². The monoisotopic (exact) mass is 389 g/mol. The molecule has 0 spiro atoms. The van der Waals surface area contributed by atoms with Crippen LogP contribution in [-0.4, -0.2) is 0 Å². The van der Waals surface area contributed by atoms with Crippen LogP contribution in [0, 0.1) is 19.9 Å². The van der Waals surface area contributed by atoms with E-state index < -0.39 is 0 Å². The summed E-state index contributed by atoms with van der Waals surface area (Å²) in [6.45, 7) is 15.5. The number of hydrogen-bond donors (Lipinski definition) is 0. The molecule has 0 N–H and O–H groups in total. The molecule has 0 aliphatic carbocycles. The van der Waals surface area contributed by atoms with Crippen LogP contribution in [0.15, 0.2) is 12.3 Å². The fourth-order valence-corrected chi connectivity index (χ4v) is 2.05. The second-order valence-corrected chi connectivity index (χ2v) is 5.54. The standard InChI is InChI=1S/C14H23N.W/c1-10(2)15-9-8-11(3)12(4)13(15)14(5,6)7;/h8-9H,1-7H3;. The van der Waals surface area contributed by atoms with Crippen LogP contribution in [0.5, 0.6) is 0 Å². The van der Waals surface area contributed by atoms with Gasteiger partial charge < -0.3 is 4.57 Å². The Morgan fingerprint density at radius 2 is 1.62 bits per heavy atom. The van der Waals surface area contributed by atoms with Crippen molar-refractivity contribution in [3.63, 3.8) is 0 Å². The summed E-state index contributed by atoms with van der Waals surface area (Å²) >= 11 is 0. The van der Waals surface area contributed by atoms with Gasteiger partial charge in [-0.3, -0.25) is 0 Å². The van der Waals surface area contributed by atoms with Crippen molar-refractivity contribution >= 4 is 0 Å². The second kappa shape index (κ2) is 5.36. The first-order valence-corrected chi connectivity index (χ1v) is 5.58. The average Bonchev–Trinajstić information content (AvgIpc) is 2.06. The Morgan fingerprint density at radius 3 is 2.00 bits per heavy atom. The van der Waals surface area contributed by atoms with Gasteiger partial charge in [0.15, 0.2) is 0 Å². The van der Waals surface area contributed by atoms with Crippen molar-refractivity contribution in [1.29, 1.82) is 0 Å². The summed E-state index contributed by atoms with van der Waals surface area (Å²) in [4.78, 5) is 0. The fourth-order valence-electron chi connectivity index (χ4n) is 2.05. The molecular formula is C14H23NW. The van der Waals surface area contributed by atoms with Crippen LogP contribution in [0.4, 0.5) is 0 Å². The Hall–Kier alpha value is -0.292. The quantitative estimate of drug-likeness (QED) is 0.513. The predicted octanol–water partition coefficient (Wildman–Crippen LogP) is 3.31. The fraction of sp³-hybridized carbons (Fsp3) is 0.571. The van der Waals surface area contributed by atoms with E-state index in [1.165, 1.54) is 22.9 Å². The van der Waals surface area contributed by atoms with Gasteiger partial charge in [-0.2, -0.15) is 0 Å². The van der Waals surface area contributed by atoms with Crippen molar-refractivity contribution < 1.29 is 25.6 Å². The number of pyridine rings is 1. The number of aromatic nitrogens is 1. The third-order valence-electron chi connectivity index (χ3n) is 2.85. The topological polar surface area (TPSA) is 3.88 Å². The van der Waals surface area contributed by atoms with Crippen LogP contribution in [0.3, 0.4) is 0 Å². The zero-order valence-corrected chi connectivity index (χ0v) is 14.4. The van der Waals surface area contributed by atoms with Gasteiger partial charge in [0.2, 0.25) is 0 Å². The van der Waals surface area contributed by atoms with Gasteiger partial charge in [0, 0.05) is 26.5 Å². The molecule has 2 heteroatoms. The van der Waals surface area contributed by atoms with Gasteiger partial charge in [-0.25, -0.2) is 0 Å². The molecule has 0 aromatic carbocycles. The summed E-state index contributed by atoms with van der Waals surface area (Å²) in [7, 11) is 0. The SMILES string of the molecule is Cc1cc[n+]([C-](C)C)c(C(C)(C)C)c1C.[W]. The van der Waals surface area contributed by atoms with Crippen molar-refractivity contribution in [2.75, 3.05) is 0 Å². The van der Waals surface area contributed by atoms with Gasteiger partial charge in [0.05, 0.1) is 17.9 Å². The summed E-state index contributed by atoms with van der Waals surface area (Å²) in [6, 6.07) is 3.51. The molecule has 0 atom stereocenters. The molecule has 0 amide bonds. The second-order valence-electron chi connectivity index (χ2n) is 5.54. The molecule has 0 unspecified atom stereocenters. The summed E-state index contributed by atoms with van der Waals surface area (Å²) in [5, 5.41) is 0. The van der Waals surface area contributed by atoms with Crippen LogP contribution in [0.1, 0.15) is 51.4 Å². The number of nitrogens with zero attached hydrogens (tertiary/aromatic N) is 1. The van der Waals surface area contributed by atoms with Crippen LogP contribution < -0.4 is 4.57 Å². The Bertz CT molecular complexity index is 362. The summed E-state index contributed by atoms with van der Waals surface area (Å²) in [5.74, 6) is 0. The molecule has 1 rings (SSSR count). The molecule has 0 saturated carbocycles. The van der Waals surface area contributed by atoms with Crippen molar-refractivity contribution in [3.05, 3.63) is 35.1 Å². The zero-order chi connectivity index (χ0) is 11.8. The molecule has 0 bridgehead atoms. The van der Waals surface area contributed by atoms with Gasteiger partial charge >= 0.3 is 0 Å².